The summed E-state index contributed by atoms with van der Waals surface area (Å²) in [6, 6.07) is 1.33. The Morgan fingerprint density at radius 3 is 2.78 bits per heavy atom. The molecule has 0 radical (unpaired) electrons. The quantitative estimate of drug-likeness (QED) is 0.311. The van der Waals surface area contributed by atoms with Crippen LogP contribution in [0.15, 0.2) is 11.0 Å². The molecule has 2 aliphatic rings. The summed E-state index contributed by atoms with van der Waals surface area (Å²) >= 11 is 2.20. The average Bonchev–Trinajstić information content (AvgIpc) is 3.38. The number of amides is 1. The molecule has 4 heterocycles. The Hall–Kier alpha value is -1.60. The molecular weight excluding hydrogens is 541 g/mol. The fraction of sp³-hybridized carbons (Fsp3) is 0.667. The summed E-state index contributed by atoms with van der Waals surface area (Å²) in [5.41, 5.74) is 0.584. The first kappa shape index (κ1) is 23.6. The topological polar surface area (TPSA) is 90.6 Å². The van der Waals surface area contributed by atoms with E-state index in [4.69, 9.17) is 14.5 Å². The zero-order valence-corrected chi connectivity index (χ0v) is 22.5. The van der Waals surface area contributed by atoms with Crippen LogP contribution in [-0.4, -0.2) is 60.1 Å². The first-order valence-corrected chi connectivity index (χ1v) is 15.9. The number of halogens is 1. The van der Waals surface area contributed by atoms with Crippen molar-refractivity contribution in [3.05, 3.63) is 20.1 Å². The van der Waals surface area contributed by atoms with Gasteiger partial charge in [-0.15, -0.1) is 0 Å². The van der Waals surface area contributed by atoms with Crippen LogP contribution in [0, 0.1) is 3.57 Å². The maximum absolute atomic E-state index is 13.3. The third kappa shape index (κ3) is 4.43. The number of carbonyl (C=O) groups is 1. The second-order valence-corrected chi connectivity index (χ2v) is 16.7. The number of carbonyl (C=O) groups excluding carboxylic acids is 1. The first-order valence-electron chi connectivity index (χ1n) is 11.1. The lowest BCUT2D eigenvalue weighted by atomic mass is 9.98. The second-order valence-electron chi connectivity index (χ2n) is 9.90. The number of alkyl carbamates (subject to hydrolysis) is 1. The minimum absolute atomic E-state index is 0.0309. The standard InChI is InChI=1S/C21H32IN5O4Si/c1-23-21(29)31-16-10-13-6-7-15(16)27(13)20-24-18-17(19(28)25(20)2)14(22)11-26(18)12-30-8-9-32(3,4)5/h11,13,15-16H,6-10,12H2,1-5H3,(H,23,29)/t13-,15+,16+/m1/s1. The highest BCUT2D eigenvalue weighted by molar-refractivity contribution is 14.1. The molecule has 2 aliphatic heterocycles. The molecule has 0 aromatic carbocycles. The van der Waals surface area contributed by atoms with Crippen molar-refractivity contribution in [1.82, 2.24) is 19.4 Å². The van der Waals surface area contributed by atoms with Gasteiger partial charge in [0.15, 0.2) is 5.65 Å². The summed E-state index contributed by atoms with van der Waals surface area (Å²) in [5.74, 6) is 0.635. The molecule has 11 heteroatoms. The van der Waals surface area contributed by atoms with Gasteiger partial charge in [-0.2, -0.15) is 4.98 Å². The largest absolute Gasteiger partial charge is 0.444 e. The van der Waals surface area contributed by atoms with E-state index in [-0.39, 0.29) is 23.7 Å². The molecule has 0 saturated carbocycles. The third-order valence-corrected chi connectivity index (χ3v) is 8.95. The predicted molar refractivity (Wildman–Crippen MR) is 135 cm³/mol. The van der Waals surface area contributed by atoms with Crippen LogP contribution >= 0.6 is 22.6 Å². The van der Waals surface area contributed by atoms with Crippen molar-refractivity contribution in [2.24, 2.45) is 7.05 Å². The Morgan fingerprint density at radius 1 is 1.34 bits per heavy atom. The van der Waals surface area contributed by atoms with Crippen LogP contribution in [0.3, 0.4) is 0 Å². The smallest absolute Gasteiger partial charge is 0.407 e. The normalized spacial score (nSPS) is 22.7. The molecule has 0 unspecified atom stereocenters. The number of hydrogen-bond acceptors (Lipinski definition) is 6. The molecule has 4 rings (SSSR count). The van der Waals surface area contributed by atoms with Crippen molar-refractivity contribution in [2.45, 2.75) is 69.9 Å². The van der Waals surface area contributed by atoms with Crippen LogP contribution in [0.4, 0.5) is 10.7 Å². The molecule has 2 fully saturated rings. The lowest BCUT2D eigenvalue weighted by Gasteiger charge is -2.26. The zero-order valence-electron chi connectivity index (χ0n) is 19.4. The predicted octanol–water partition coefficient (Wildman–Crippen LogP) is 3.12. The lowest BCUT2D eigenvalue weighted by molar-refractivity contribution is 0.0859. The highest BCUT2D eigenvalue weighted by Crippen LogP contribution is 2.41. The number of ether oxygens (including phenoxy) is 2. The number of hydrogen-bond donors (Lipinski definition) is 1. The second kappa shape index (κ2) is 8.97. The summed E-state index contributed by atoms with van der Waals surface area (Å²) in [5, 5.41) is 3.15. The molecule has 2 aromatic rings. The molecule has 1 amide bonds. The lowest BCUT2D eigenvalue weighted by Crippen LogP contribution is -2.39. The van der Waals surface area contributed by atoms with Gasteiger partial charge in [-0.25, -0.2) is 4.79 Å². The maximum Gasteiger partial charge on any atom is 0.407 e. The van der Waals surface area contributed by atoms with Crippen molar-refractivity contribution >= 4 is 53.7 Å². The van der Waals surface area contributed by atoms with Gasteiger partial charge in [-0.1, -0.05) is 19.6 Å². The van der Waals surface area contributed by atoms with Crippen molar-refractivity contribution in [2.75, 3.05) is 18.6 Å². The average molecular weight is 574 g/mol. The van der Waals surface area contributed by atoms with Gasteiger partial charge < -0.3 is 24.3 Å². The highest BCUT2D eigenvalue weighted by Gasteiger charge is 2.49. The Labute approximate surface area is 202 Å². The fourth-order valence-corrected chi connectivity index (χ4v) is 6.26. The van der Waals surface area contributed by atoms with Crippen LogP contribution in [-0.2, 0) is 23.3 Å². The van der Waals surface area contributed by atoms with Gasteiger partial charge in [0.25, 0.3) is 5.56 Å². The van der Waals surface area contributed by atoms with Gasteiger partial charge in [-0.3, -0.25) is 9.36 Å². The molecular formula is C21H32IN5O4Si. The van der Waals surface area contributed by atoms with Crippen LogP contribution in [0.25, 0.3) is 11.0 Å². The van der Waals surface area contributed by atoms with Crippen molar-refractivity contribution < 1.29 is 14.3 Å². The van der Waals surface area contributed by atoms with Crippen LogP contribution in [0.5, 0.6) is 0 Å². The van der Waals surface area contributed by atoms with E-state index in [1.54, 1.807) is 18.7 Å². The van der Waals surface area contributed by atoms with E-state index in [2.05, 4.69) is 52.4 Å². The minimum atomic E-state index is -1.17. The molecule has 9 nitrogen and oxygen atoms in total. The van der Waals surface area contributed by atoms with E-state index < -0.39 is 14.2 Å². The van der Waals surface area contributed by atoms with E-state index in [9.17, 15) is 9.59 Å². The van der Waals surface area contributed by atoms with E-state index in [1.807, 2.05) is 10.8 Å². The summed E-state index contributed by atoms with van der Waals surface area (Å²) in [6.45, 7) is 8.06. The van der Waals surface area contributed by atoms with E-state index >= 15 is 0 Å². The van der Waals surface area contributed by atoms with Crippen molar-refractivity contribution in [3.8, 4) is 0 Å². The molecule has 176 valence electrons. The maximum atomic E-state index is 13.3. The Kier molecular flexibility index (Phi) is 6.60. The number of rotatable bonds is 7. The summed E-state index contributed by atoms with van der Waals surface area (Å²) in [4.78, 5) is 32.2. The molecule has 0 aliphatic carbocycles. The summed E-state index contributed by atoms with van der Waals surface area (Å²) in [7, 11) is 2.17. The van der Waals surface area contributed by atoms with E-state index in [0.717, 1.165) is 28.9 Å². The monoisotopic (exact) mass is 573 g/mol. The van der Waals surface area contributed by atoms with Gasteiger partial charge in [0, 0.05) is 51.0 Å². The van der Waals surface area contributed by atoms with Crippen molar-refractivity contribution in [3.63, 3.8) is 0 Å². The van der Waals surface area contributed by atoms with Gasteiger partial charge in [0.05, 0.1) is 11.4 Å². The number of nitrogens with one attached hydrogen (secondary N) is 1. The third-order valence-electron chi connectivity index (χ3n) is 6.43. The number of aromatic nitrogens is 3. The fourth-order valence-electron chi connectivity index (χ4n) is 4.70. The van der Waals surface area contributed by atoms with Gasteiger partial charge in [0.2, 0.25) is 5.95 Å². The van der Waals surface area contributed by atoms with Crippen LogP contribution < -0.4 is 15.8 Å². The molecule has 3 atom stereocenters. The number of nitrogens with zero attached hydrogens (tertiary/aromatic N) is 4. The minimum Gasteiger partial charge on any atom is -0.444 e. The number of anilines is 1. The Balaban J connectivity index is 1.64. The van der Waals surface area contributed by atoms with Gasteiger partial charge in [-0.05, 0) is 41.5 Å². The molecule has 2 saturated heterocycles. The van der Waals surface area contributed by atoms with Crippen LogP contribution in [0.2, 0.25) is 25.7 Å². The Morgan fingerprint density at radius 2 is 2.09 bits per heavy atom. The van der Waals surface area contributed by atoms with Gasteiger partial charge >= 0.3 is 6.09 Å². The summed E-state index contributed by atoms with van der Waals surface area (Å²) in [6.07, 6.45) is 4.00. The summed E-state index contributed by atoms with van der Waals surface area (Å²) < 4.78 is 16.0. The van der Waals surface area contributed by atoms with E-state index in [0.29, 0.717) is 30.3 Å². The molecule has 1 N–H and O–H groups in total. The van der Waals surface area contributed by atoms with Crippen molar-refractivity contribution in [1.29, 1.82) is 0 Å². The first-order chi connectivity index (χ1) is 15.1. The molecule has 2 bridgehead atoms. The van der Waals surface area contributed by atoms with E-state index in [1.165, 1.54) is 0 Å². The highest BCUT2D eigenvalue weighted by atomic mass is 127. The number of fused-ring (bicyclic) bond motifs is 3. The molecule has 0 spiro atoms. The molecule has 2 aromatic heterocycles. The molecule has 32 heavy (non-hydrogen) atoms. The van der Waals surface area contributed by atoms with Crippen LogP contribution in [0.1, 0.15) is 19.3 Å². The van der Waals surface area contributed by atoms with Gasteiger partial charge in [0.1, 0.15) is 12.8 Å². The zero-order chi connectivity index (χ0) is 23.2. The SMILES string of the molecule is CNC(=O)O[C@H]1C[C@H]2CC[C@@H]1N2c1nc2c(c(I)cn2COCC[Si](C)(C)C)c(=O)n1C. The Bertz CT molecular complexity index is 1080.